The molecule has 1 heterocycles. The SMILES string of the molecule is Cc1cc(Cl)cc2oc(S)nc12. The minimum atomic E-state index is 0.371. The molecule has 2 aromatic rings. The number of benzene rings is 1. The van der Waals surface area contributed by atoms with Crippen LogP contribution in [0.4, 0.5) is 0 Å². The predicted octanol–water partition coefficient (Wildman–Crippen LogP) is 3.08. The van der Waals surface area contributed by atoms with Crippen LogP contribution in [-0.2, 0) is 0 Å². The summed E-state index contributed by atoms with van der Waals surface area (Å²) in [6.45, 7) is 1.93. The van der Waals surface area contributed by atoms with Crippen molar-refractivity contribution in [3.05, 3.63) is 22.7 Å². The van der Waals surface area contributed by atoms with Crippen molar-refractivity contribution in [3.63, 3.8) is 0 Å². The second-order valence-electron chi connectivity index (χ2n) is 2.57. The summed E-state index contributed by atoms with van der Waals surface area (Å²) < 4.78 is 5.20. The minimum absolute atomic E-state index is 0.371. The number of hydrogen-bond acceptors (Lipinski definition) is 3. The molecule has 0 radical (unpaired) electrons. The molecule has 0 N–H and O–H groups in total. The highest BCUT2D eigenvalue weighted by Gasteiger charge is 2.05. The number of thiol groups is 1. The highest BCUT2D eigenvalue weighted by molar-refractivity contribution is 7.80. The average molecular weight is 200 g/mol. The predicted molar refractivity (Wildman–Crippen MR) is 51.0 cm³/mol. The highest BCUT2D eigenvalue weighted by atomic mass is 35.5. The molecule has 2 nitrogen and oxygen atoms in total. The lowest BCUT2D eigenvalue weighted by Crippen LogP contribution is -1.75. The van der Waals surface area contributed by atoms with Crippen LogP contribution in [0.25, 0.3) is 11.1 Å². The monoisotopic (exact) mass is 199 g/mol. The molecule has 62 valence electrons. The van der Waals surface area contributed by atoms with Crippen LogP contribution in [0.5, 0.6) is 0 Å². The van der Waals surface area contributed by atoms with E-state index in [4.69, 9.17) is 16.0 Å². The Balaban J connectivity index is 2.88. The Morgan fingerprint density at radius 3 is 3.00 bits per heavy atom. The maximum atomic E-state index is 5.82. The first-order valence-electron chi connectivity index (χ1n) is 3.42. The molecular weight excluding hydrogens is 194 g/mol. The topological polar surface area (TPSA) is 26.0 Å². The summed E-state index contributed by atoms with van der Waals surface area (Å²) in [5.41, 5.74) is 2.51. The number of aromatic nitrogens is 1. The largest absolute Gasteiger partial charge is 0.431 e. The van der Waals surface area contributed by atoms with Gasteiger partial charge in [0.2, 0.25) is 0 Å². The van der Waals surface area contributed by atoms with Crippen LogP contribution in [0, 0.1) is 6.92 Å². The van der Waals surface area contributed by atoms with Gasteiger partial charge in [-0.1, -0.05) is 24.2 Å². The number of aryl methyl sites for hydroxylation is 1. The number of nitrogens with zero attached hydrogens (tertiary/aromatic N) is 1. The molecule has 0 fully saturated rings. The van der Waals surface area contributed by atoms with Crippen molar-refractivity contribution in [1.29, 1.82) is 0 Å². The molecule has 0 spiro atoms. The number of fused-ring (bicyclic) bond motifs is 1. The van der Waals surface area contributed by atoms with Crippen LogP contribution < -0.4 is 0 Å². The molecule has 2 rings (SSSR count). The molecule has 0 aliphatic rings. The Labute approximate surface area is 80.0 Å². The quantitative estimate of drug-likeness (QED) is 0.660. The van der Waals surface area contributed by atoms with Gasteiger partial charge in [-0.25, -0.2) is 4.98 Å². The van der Waals surface area contributed by atoms with Gasteiger partial charge in [0.1, 0.15) is 5.52 Å². The zero-order chi connectivity index (χ0) is 8.72. The zero-order valence-corrected chi connectivity index (χ0v) is 7.99. The van der Waals surface area contributed by atoms with Crippen molar-refractivity contribution in [2.75, 3.05) is 0 Å². The Bertz CT molecular complexity index is 438. The Kier molecular flexibility index (Phi) is 1.77. The maximum absolute atomic E-state index is 5.82. The summed E-state index contributed by atoms with van der Waals surface area (Å²) in [6.07, 6.45) is 0. The van der Waals surface area contributed by atoms with Crippen LogP contribution in [0.1, 0.15) is 5.56 Å². The Hall–Kier alpha value is -0.670. The van der Waals surface area contributed by atoms with E-state index >= 15 is 0 Å². The van der Waals surface area contributed by atoms with Gasteiger partial charge >= 0.3 is 0 Å². The molecule has 1 aromatic carbocycles. The van der Waals surface area contributed by atoms with Gasteiger partial charge in [-0.2, -0.15) is 0 Å². The van der Waals surface area contributed by atoms with Gasteiger partial charge in [0.25, 0.3) is 5.22 Å². The smallest absolute Gasteiger partial charge is 0.253 e. The first-order chi connectivity index (χ1) is 5.66. The van der Waals surface area contributed by atoms with E-state index < -0.39 is 0 Å². The molecule has 0 saturated carbocycles. The van der Waals surface area contributed by atoms with Crippen LogP contribution in [0.2, 0.25) is 5.02 Å². The fraction of sp³-hybridized carbons (Fsp3) is 0.125. The molecule has 0 saturated heterocycles. The van der Waals surface area contributed by atoms with Gasteiger partial charge in [0, 0.05) is 11.1 Å². The van der Waals surface area contributed by atoms with E-state index in [0.29, 0.717) is 15.8 Å². The van der Waals surface area contributed by atoms with E-state index in [-0.39, 0.29) is 0 Å². The summed E-state index contributed by atoms with van der Waals surface area (Å²) in [4.78, 5) is 4.09. The number of halogens is 1. The van der Waals surface area contributed by atoms with Gasteiger partial charge < -0.3 is 4.42 Å². The van der Waals surface area contributed by atoms with Crippen molar-refractivity contribution < 1.29 is 4.42 Å². The van der Waals surface area contributed by atoms with E-state index in [1.54, 1.807) is 6.07 Å². The van der Waals surface area contributed by atoms with Crippen molar-refractivity contribution in [3.8, 4) is 0 Å². The molecule has 0 aliphatic heterocycles. The first kappa shape index (κ1) is 7.95. The van der Waals surface area contributed by atoms with E-state index in [9.17, 15) is 0 Å². The van der Waals surface area contributed by atoms with Gasteiger partial charge in [-0.15, -0.1) is 0 Å². The second-order valence-corrected chi connectivity index (χ2v) is 3.38. The first-order valence-corrected chi connectivity index (χ1v) is 4.25. The van der Waals surface area contributed by atoms with E-state index in [0.717, 1.165) is 11.1 Å². The third-order valence-corrected chi connectivity index (χ3v) is 2.05. The summed E-state index contributed by atoms with van der Waals surface area (Å²) in [7, 11) is 0. The average Bonchev–Trinajstić information content (AvgIpc) is 2.29. The fourth-order valence-electron chi connectivity index (χ4n) is 1.14. The fourth-order valence-corrected chi connectivity index (χ4v) is 1.60. The molecule has 0 unspecified atom stereocenters. The molecule has 1 aromatic heterocycles. The van der Waals surface area contributed by atoms with Gasteiger partial charge in [-0.3, -0.25) is 0 Å². The third-order valence-electron chi connectivity index (χ3n) is 1.64. The Morgan fingerprint density at radius 1 is 1.50 bits per heavy atom. The lowest BCUT2D eigenvalue weighted by molar-refractivity contribution is 0.492. The standard InChI is InChI=1S/C8H6ClNOS/c1-4-2-5(9)3-6-7(4)10-8(12)11-6/h2-3H,1H3,(H,10,12). The molecular formula is C8H6ClNOS. The number of hydrogen-bond donors (Lipinski definition) is 1. The van der Waals surface area contributed by atoms with Gasteiger partial charge in [-0.05, 0) is 18.6 Å². The van der Waals surface area contributed by atoms with E-state index in [2.05, 4.69) is 17.6 Å². The Morgan fingerprint density at radius 2 is 2.25 bits per heavy atom. The lowest BCUT2D eigenvalue weighted by atomic mass is 10.2. The summed E-state index contributed by atoms with van der Waals surface area (Å²) in [5.74, 6) is 0. The van der Waals surface area contributed by atoms with Gasteiger partial charge in [0.15, 0.2) is 5.58 Å². The number of rotatable bonds is 0. The molecule has 4 heteroatoms. The van der Waals surface area contributed by atoms with Crippen molar-refractivity contribution in [1.82, 2.24) is 4.98 Å². The molecule has 0 bridgehead atoms. The highest BCUT2D eigenvalue weighted by Crippen LogP contribution is 2.24. The molecule has 0 amide bonds. The lowest BCUT2D eigenvalue weighted by Gasteiger charge is -1.92. The normalized spacial score (nSPS) is 10.9. The number of oxazole rings is 1. The summed E-state index contributed by atoms with van der Waals surface area (Å²) >= 11 is 9.82. The van der Waals surface area contributed by atoms with Crippen molar-refractivity contribution in [2.24, 2.45) is 0 Å². The molecule has 0 aliphatic carbocycles. The molecule has 0 atom stereocenters. The van der Waals surface area contributed by atoms with Crippen LogP contribution in [0.3, 0.4) is 0 Å². The maximum Gasteiger partial charge on any atom is 0.253 e. The van der Waals surface area contributed by atoms with E-state index in [1.165, 1.54) is 0 Å². The zero-order valence-electron chi connectivity index (χ0n) is 6.34. The van der Waals surface area contributed by atoms with Crippen molar-refractivity contribution in [2.45, 2.75) is 12.1 Å². The van der Waals surface area contributed by atoms with E-state index in [1.807, 2.05) is 13.0 Å². The minimum Gasteiger partial charge on any atom is -0.431 e. The molecule has 12 heavy (non-hydrogen) atoms. The van der Waals surface area contributed by atoms with Crippen LogP contribution in [0.15, 0.2) is 21.8 Å². The summed E-state index contributed by atoms with van der Waals surface area (Å²) in [5, 5.41) is 1.03. The summed E-state index contributed by atoms with van der Waals surface area (Å²) in [6, 6.07) is 3.58. The second kappa shape index (κ2) is 2.68. The van der Waals surface area contributed by atoms with Crippen LogP contribution in [-0.4, -0.2) is 4.98 Å². The van der Waals surface area contributed by atoms with Gasteiger partial charge in [0.05, 0.1) is 0 Å². The van der Waals surface area contributed by atoms with Crippen LogP contribution >= 0.6 is 24.2 Å². The van der Waals surface area contributed by atoms with Crippen molar-refractivity contribution >= 4 is 35.3 Å². The third kappa shape index (κ3) is 1.19.